The number of rotatable bonds is 9. The average molecular weight is 439 g/mol. The highest BCUT2D eigenvalue weighted by Crippen LogP contribution is 2.28. The van der Waals surface area contributed by atoms with Gasteiger partial charge in [-0.2, -0.15) is 0 Å². The van der Waals surface area contributed by atoms with E-state index in [1.54, 1.807) is 0 Å². The van der Waals surface area contributed by atoms with Crippen LogP contribution in [0.4, 0.5) is 0 Å². The fraction of sp³-hybridized carbons (Fsp3) is 0.375. The number of nitrogens with zero attached hydrogens (tertiary/aromatic N) is 3. The number of benzene rings is 2. The van der Waals surface area contributed by atoms with Crippen molar-refractivity contribution in [3.8, 4) is 5.75 Å². The first-order chi connectivity index (χ1) is 14.9. The Balaban J connectivity index is 1.63. The van der Waals surface area contributed by atoms with Gasteiger partial charge < -0.3 is 14.6 Å². The lowest BCUT2D eigenvalue weighted by molar-refractivity contribution is -0.119. The summed E-state index contributed by atoms with van der Waals surface area (Å²) >= 11 is 1.39. The molecule has 3 aromatic rings. The van der Waals surface area contributed by atoms with E-state index >= 15 is 0 Å². The number of ether oxygens (including phenoxy) is 1. The average Bonchev–Trinajstić information content (AvgIpc) is 3.19. The van der Waals surface area contributed by atoms with Crippen molar-refractivity contribution in [3.63, 3.8) is 0 Å². The second-order valence-corrected chi connectivity index (χ2v) is 8.47. The third kappa shape index (κ3) is 5.67. The number of hydrogen-bond acceptors (Lipinski definition) is 5. The lowest BCUT2D eigenvalue weighted by atomic mass is 10.1. The van der Waals surface area contributed by atoms with Gasteiger partial charge in [0.25, 0.3) is 0 Å². The summed E-state index contributed by atoms with van der Waals surface area (Å²) in [6.45, 7) is 10.8. The Kier molecular flexibility index (Phi) is 7.74. The van der Waals surface area contributed by atoms with E-state index in [2.05, 4.69) is 35.4 Å². The van der Waals surface area contributed by atoms with Crippen molar-refractivity contribution >= 4 is 17.7 Å². The molecule has 0 fully saturated rings. The van der Waals surface area contributed by atoms with E-state index in [1.807, 2.05) is 67.8 Å². The number of carbonyl (C=O) groups excluding carboxylic acids is 1. The SMILES string of the molecule is CCn1c(SCC(=O)NC(C)c2ccccc2)nnc1C(C)Oc1cccc(C)c1C. The summed E-state index contributed by atoms with van der Waals surface area (Å²) in [5.74, 6) is 1.85. The van der Waals surface area contributed by atoms with Crippen LogP contribution >= 0.6 is 11.8 Å². The monoisotopic (exact) mass is 438 g/mol. The summed E-state index contributed by atoms with van der Waals surface area (Å²) in [4.78, 5) is 12.4. The molecule has 1 heterocycles. The second kappa shape index (κ2) is 10.5. The minimum Gasteiger partial charge on any atom is -0.482 e. The van der Waals surface area contributed by atoms with E-state index in [-0.39, 0.29) is 23.8 Å². The summed E-state index contributed by atoms with van der Waals surface area (Å²) in [6.07, 6.45) is -0.255. The summed E-state index contributed by atoms with van der Waals surface area (Å²) < 4.78 is 8.19. The first-order valence-electron chi connectivity index (χ1n) is 10.5. The van der Waals surface area contributed by atoms with Crippen molar-refractivity contribution in [3.05, 3.63) is 71.0 Å². The van der Waals surface area contributed by atoms with Crippen LogP contribution < -0.4 is 10.1 Å². The number of amides is 1. The molecule has 2 atom stereocenters. The van der Waals surface area contributed by atoms with Gasteiger partial charge in [-0.15, -0.1) is 10.2 Å². The van der Waals surface area contributed by atoms with E-state index in [9.17, 15) is 4.79 Å². The van der Waals surface area contributed by atoms with E-state index in [1.165, 1.54) is 17.3 Å². The Morgan fingerprint density at radius 1 is 1.10 bits per heavy atom. The zero-order chi connectivity index (χ0) is 22.4. The molecule has 2 aromatic carbocycles. The van der Waals surface area contributed by atoms with Gasteiger partial charge in [-0.25, -0.2) is 0 Å². The molecule has 1 N–H and O–H groups in total. The Hall–Kier alpha value is -2.80. The molecule has 0 saturated heterocycles. The van der Waals surface area contributed by atoms with E-state index in [4.69, 9.17) is 4.74 Å². The van der Waals surface area contributed by atoms with Gasteiger partial charge in [0.1, 0.15) is 5.75 Å². The fourth-order valence-corrected chi connectivity index (χ4v) is 4.16. The number of nitrogens with one attached hydrogen (secondary N) is 1. The zero-order valence-corrected chi connectivity index (χ0v) is 19.6. The maximum atomic E-state index is 12.4. The molecule has 164 valence electrons. The molecule has 1 amide bonds. The molecule has 7 heteroatoms. The smallest absolute Gasteiger partial charge is 0.230 e. The third-order valence-electron chi connectivity index (χ3n) is 5.29. The molecular weight excluding hydrogens is 408 g/mol. The zero-order valence-electron chi connectivity index (χ0n) is 18.8. The van der Waals surface area contributed by atoms with Crippen LogP contribution in [0.5, 0.6) is 5.75 Å². The number of thioether (sulfide) groups is 1. The molecule has 3 rings (SSSR count). The van der Waals surface area contributed by atoms with Gasteiger partial charge in [0.05, 0.1) is 11.8 Å². The Morgan fingerprint density at radius 2 is 1.84 bits per heavy atom. The van der Waals surface area contributed by atoms with Gasteiger partial charge in [-0.3, -0.25) is 4.79 Å². The molecule has 1 aromatic heterocycles. The quantitative estimate of drug-likeness (QED) is 0.475. The Morgan fingerprint density at radius 3 is 2.55 bits per heavy atom. The van der Waals surface area contributed by atoms with Crippen LogP contribution in [0.3, 0.4) is 0 Å². The standard InChI is InChI=1S/C24H30N4O2S/c1-6-28-23(19(5)30-21-14-10-11-16(2)17(21)3)26-27-24(28)31-15-22(29)25-18(4)20-12-8-7-9-13-20/h7-14,18-19H,6,15H2,1-5H3,(H,25,29). The minimum atomic E-state index is -0.255. The van der Waals surface area contributed by atoms with Gasteiger partial charge in [0.2, 0.25) is 5.91 Å². The lowest BCUT2D eigenvalue weighted by Gasteiger charge is -2.18. The molecule has 0 aliphatic carbocycles. The summed E-state index contributed by atoms with van der Waals surface area (Å²) in [7, 11) is 0. The summed E-state index contributed by atoms with van der Waals surface area (Å²) in [5.41, 5.74) is 3.39. The Bertz CT molecular complexity index is 1020. The predicted molar refractivity (Wildman–Crippen MR) is 124 cm³/mol. The molecule has 2 unspecified atom stereocenters. The normalized spacial score (nSPS) is 12.9. The molecule has 0 bridgehead atoms. The molecule has 0 aliphatic rings. The first kappa shape index (κ1) is 22.9. The molecule has 0 spiro atoms. The topological polar surface area (TPSA) is 69.0 Å². The van der Waals surface area contributed by atoms with Crippen LogP contribution in [0.1, 0.15) is 55.4 Å². The lowest BCUT2D eigenvalue weighted by Crippen LogP contribution is -2.28. The maximum Gasteiger partial charge on any atom is 0.230 e. The third-order valence-corrected chi connectivity index (χ3v) is 6.26. The highest BCUT2D eigenvalue weighted by atomic mass is 32.2. The summed E-state index contributed by atoms with van der Waals surface area (Å²) in [6, 6.07) is 15.9. The van der Waals surface area contributed by atoms with Gasteiger partial charge in [-0.05, 0) is 57.4 Å². The number of hydrogen-bond donors (Lipinski definition) is 1. The highest BCUT2D eigenvalue weighted by molar-refractivity contribution is 7.99. The molecular formula is C24H30N4O2S. The van der Waals surface area contributed by atoms with E-state index in [0.29, 0.717) is 6.54 Å². The van der Waals surface area contributed by atoms with Crippen molar-refractivity contribution in [1.82, 2.24) is 20.1 Å². The molecule has 0 saturated carbocycles. The van der Waals surface area contributed by atoms with Gasteiger partial charge >= 0.3 is 0 Å². The molecule has 0 radical (unpaired) electrons. The minimum absolute atomic E-state index is 0.0340. The Labute approximate surface area is 188 Å². The van der Waals surface area contributed by atoms with Crippen molar-refractivity contribution in [1.29, 1.82) is 0 Å². The van der Waals surface area contributed by atoms with Crippen LogP contribution in [0.25, 0.3) is 0 Å². The number of carbonyl (C=O) groups is 1. The van der Waals surface area contributed by atoms with Crippen molar-refractivity contribution < 1.29 is 9.53 Å². The van der Waals surface area contributed by atoms with Crippen molar-refractivity contribution in [2.24, 2.45) is 0 Å². The largest absolute Gasteiger partial charge is 0.482 e. The second-order valence-electron chi connectivity index (χ2n) is 7.53. The fourth-order valence-electron chi connectivity index (χ4n) is 3.34. The molecule has 31 heavy (non-hydrogen) atoms. The van der Waals surface area contributed by atoms with Crippen LogP contribution in [0.2, 0.25) is 0 Å². The maximum absolute atomic E-state index is 12.4. The first-order valence-corrected chi connectivity index (χ1v) is 11.5. The van der Waals surface area contributed by atoms with Crippen molar-refractivity contribution in [2.45, 2.75) is 58.5 Å². The van der Waals surface area contributed by atoms with Gasteiger partial charge in [-0.1, -0.05) is 54.2 Å². The van der Waals surface area contributed by atoms with E-state index in [0.717, 1.165) is 27.9 Å². The van der Waals surface area contributed by atoms with Crippen LogP contribution in [0.15, 0.2) is 53.7 Å². The van der Waals surface area contributed by atoms with Crippen molar-refractivity contribution in [2.75, 3.05) is 5.75 Å². The van der Waals surface area contributed by atoms with Gasteiger partial charge in [0, 0.05) is 6.54 Å². The van der Waals surface area contributed by atoms with Crippen LogP contribution in [0, 0.1) is 13.8 Å². The van der Waals surface area contributed by atoms with Crippen LogP contribution in [-0.4, -0.2) is 26.4 Å². The van der Waals surface area contributed by atoms with Gasteiger partial charge in [0.15, 0.2) is 17.1 Å². The number of aryl methyl sites for hydroxylation is 1. The number of aromatic nitrogens is 3. The predicted octanol–water partition coefficient (Wildman–Crippen LogP) is 5.02. The molecule has 6 nitrogen and oxygen atoms in total. The van der Waals surface area contributed by atoms with E-state index < -0.39 is 0 Å². The molecule has 0 aliphatic heterocycles. The van der Waals surface area contributed by atoms with Crippen LogP contribution in [-0.2, 0) is 11.3 Å². The highest BCUT2D eigenvalue weighted by Gasteiger charge is 2.20. The summed E-state index contributed by atoms with van der Waals surface area (Å²) in [5, 5.41) is 12.4.